The van der Waals surface area contributed by atoms with Crippen LogP contribution in [0.5, 0.6) is 0 Å². The molecule has 0 aliphatic rings. The molecule has 0 heterocycles. The van der Waals surface area contributed by atoms with E-state index in [1.54, 1.807) is 0 Å². The van der Waals surface area contributed by atoms with Crippen molar-refractivity contribution in [1.82, 2.24) is 0 Å². The summed E-state index contributed by atoms with van der Waals surface area (Å²) in [6, 6.07) is 0. The van der Waals surface area contributed by atoms with E-state index in [4.69, 9.17) is 0 Å². The van der Waals surface area contributed by atoms with E-state index in [9.17, 15) is 0 Å². The first-order valence-corrected chi connectivity index (χ1v) is 9.09. The summed E-state index contributed by atoms with van der Waals surface area (Å²) in [6.07, 6.45) is 22.5. The topological polar surface area (TPSA) is 0 Å². The molecule has 0 aliphatic carbocycles. The van der Waals surface area contributed by atoms with Gasteiger partial charge in [0, 0.05) is 0 Å². The Morgan fingerprint density at radius 3 is 1.68 bits per heavy atom. The van der Waals surface area contributed by atoms with E-state index in [0.29, 0.717) is 0 Å². The Balaban J connectivity index is 3.07. The lowest BCUT2D eigenvalue weighted by Gasteiger charge is -2.10. The molecule has 0 bridgehead atoms. The largest absolute Gasteiger partial charge is 0.0654 e. The van der Waals surface area contributed by atoms with Crippen LogP contribution in [0.1, 0.15) is 111 Å². The van der Waals surface area contributed by atoms with Crippen LogP contribution in [0, 0.1) is 12.3 Å². The van der Waals surface area contributed by atoms with Gasteiger partial charge in [0.2, 0.25) is 0 Å². The van der Waals surface area contributed by atoms with Crippen LogP contribution < -0.4 is 0 Å². The molecule has 0 nitrogen and oxygen atoms in total. The molecule has 0 fully saturated rings. The maximum Gasteiger partial charge on any atom is -0.0417 e. The van der Waals surface area contributed by atoms with Gasteiger partial charge in [0.1, 0.15) is 0 Å². The zero-order valence-corrected chi connectivity index (χ0v) is 14.1. The Labute approximate surface area is 123 Å². The van der Waals surface area contributed by atoms with Crippen LogP contribution in [0.25, 0.3) is 0 Å². The average molecular weight is 268 g/mol. The Morgan fingerprint density at radius 2 is 1.16 bits per heavy atom. The van der Waals surface area contributed by atoms with Crippen LogP contribution in [0.3, 0.4) is 0 Å². The molecule has 0 aromatic rings. The fourth-order valence-corrected chi connectivity index (χ4v) is 2.79. The molecule has 1 radical (unpaired) electrons. The summed E-state index contributed by atoms with van der Waals surface area (Å²) in [5, 5.41) is 0. The van der Waals surface area contributed by atoms with Crippen LogP contribution in [0.4, 0.5) is 0 Å². The van der Waals surface area contributed by atoms with Crippen molar-refractivity contribution in [2.24, 2.45) is 5.92 Å². The summed E-state index contributed by atoms with van der Waals surface area (Å²) in [5.41, 5.74) is 0. The minimum atomic E-state index is 0.960. The van der Waals surface area contributed by atoms with Gasteiger partial charge >= 0.3 is 0 Å². The summed E-state index contributed by atoms with van der Waals surface area (Å²) in [6.45, 7) is 6.91. The van der Waals surface area contributed by atoms with Gasteiger partial charge in [0.05, 0.1) is 0 Å². The van der Waals surface area contributed by atoms with Crippen LogP contribution in [0.15, 0.2) is 0 Å². The Bertz CT molecular complexity index is 150. The molecule has 0 aliphatic heterocycles. The highest BCUT2D eigenvalue weighted by atomic mass is 14.1. The van der Waals surface area contributed by atoms with E-state index < -0.39 is 0 Å². The maximum atomic E-state index is 2.44. The molecule has 0 saturated carbocycles. The SMILES string of the molecule is C[CH]CCCCC(C)CCCCCCCCCCC. The standard InChI is InChI=1S/C19H39/c1-4-6-8-10-11-12-13-14-16-18-19(3)17-15-9-7-5-2/h5,19H,4,6-18H2,1-3H3. The highest BCUT2D eigenvalue weighted by molar-refractivity contribution is 4.59. The second-order valence-corrected chi connectivity index (χ2v) is 6.41. The summed E-state index contributed by atoms with van der Waals surface area (Å²) >= 11 is 0. The minimum Gasteiger partial charge on any atom is -0.0654 e. The second-order valence-electron chi connectivity index (χ2n) is 6.41. The van der Waals surface area contributed by atoms with Gasteiger partial charge in [-0.25, -0.2) is 0 Å². The monoisotopic (exact) mass is 267 g/mol. The van der Waals surface area contributed by atoms with Crippen molar-refractivity contribution < 1.29 is 0 Å². The van der Waals surface area contributed by atoms with Gasteiger partial charge in [-0.3, -0.25) is 0 Å². The van der Waals surface area contributed by atoms with Gasteiger partial charge in [0.25, 0.3) is 0 Å². The van der Waals surface area contributed by atoms with E-state index in [1.807, 2.05) is 0 Å². The molecule has 1 unspecified atom stereocenters. The first kappa shape index (κ1) is 19.0. The van der Waals surface area contributed by atoms with Crippen molar-refractivity contribution in [1.29, 1.82) is 0 Å². The number of hydrogen-bond acceptors (Lipinski definition) is 0. The molecule has 0 N–H and O–H groups in total. The van der Waals surface area contributed by atoms with E-state index in [1.165, 1.54) is 89.9 Å². The second kappa shape index (κ2) is 16.1. The van der Waals surface area contributed by atoms with Crippen molar-refractivity contribution in [2.75, 3.05) is 0 Å². The van der Waals surface area contributed by atoms with Crippen molar-refractivity contribution in [2.45, 2.75) is 111 Å². The summed E-state index contributed by atoms with van der Waals surface area (Å²) in [5.74, 6) is 0.960. The van der Waals surface area contributed by atoms with Gasteiger partial charge < -0.3 is 0 Å². The quantitative estimate of drug-likeness (QED) is 0.272. The molecule has 1 atom stereocenters. The lowest BCUT2D eigenvalue weighted by molar-refractivity contribution is 0.436. The van der Waals surface area contributed by atoms with E-state index >= 15 is 0 Å². The van der Waals surface area contributed by atoms with Crippen molar-refractivity contribution in [3.05, 3.63) is 6.42 Å². The first-order chi connectivity index (χ1) is 9.31. The number of hydrogen-bond donors (Lipinski definition) is 0. The Hall–Kier alpha value is 0. The first-order valence-electron chi connectivity index (χ1n) is 9.09. The Kier molecular flexibility index (Phi) is 16.1. The maximum absolute atomic E-state index is 2.44. The Morgan fingerprint density at radius 1 is 0.684 bits per heavy atom. The zero-order valence-electron chi connectivity index (χ0n) is 14.1. The van der Waals surface area contributed by atoms with E-state index in [0.717, 1.165) is 5.92 Å². The molecule has 0 aromatic heterocycles. The van der Waals surface area contributed by atoms with Crippen LogP contribution in [-0.2, 0) is 0 Å². The van der Waals surface area contributed by atoms with E-state index in [2.05, 4.69) is 27.2 Å². The third-order valence-electron chi connectivity index (χ3n) is 4.24. The minimum absolute atomic E-state index is 0.960. The average Bonchev–Trinajstić information content (AvgIpc) is 2.42. The predicted molar refractivity (Wildman–Crippen MR) is 89.5 cm³/mol. The summed E-state index contributed by atoms with van der Waals surface area (Å²) in [4.78, 5) is 0. The summed E-state index contributed by atoms with van der Waals surface area (Å²) in [7, 11) is 0. The van der Waals surface area contributed by atoms with Crippen LogP contribution in [-0.4, -0.2) is 0 Å². The molecule has 0 saturated heterocycles. The number of unbranched alkanes of at least 4 members (excludes halogenated alkanes) is 11. The highest BCUT2D eigenvalue weighted by Crippen LogP contribution is 2.18. The zero-order chi connectivity index (χ0) is 14.2. The highest BCUT2D eigenvalue weighted by Gasteiger charge is 2.01. The molecule has 0 amide bonds. The molecule has 19 heavy (non-hydrogen) atoms. The molecule has 115 valence electrons. The lowest BCUT2D eigenvalue weighted by atomic mass is 9.96. The van der Waals surface area contributed by atoms with Gasteiger partial charge in [-0.1, -0.05) is 111 Å². The third kappa shape index (κ3) is 15.9. The smallest absolute Gasteiger partial charge is 0.0417 e. The molecular formula is C19H39. The van der Waals surface area contributed by atoms with Gasteiger partial charge in [-0.15, -0.1) is 0 Å². The number of rotatable bonds is 15. The van der Waals surface area contributed by atoms with Crippen molar-refractivity contribution >= 4 is 0 Å². The van der Waals surface area contributed by atoms with Crippen LogP contribution in [0.2, 0.25) is 0 Å². The van der Waals surface area contributed by atoms with Crippen LogP contribution >= 0.6 is 0 Å². The molecule has 0 rings (SSSR count). The van der Waals surface area contributed by atoms with Gasteiger partial charge in [-0.05, 0) is 12.3 Å². The molecular weight excluding hydrogens is 228 g/mol. The normalized spacial score (nSPS) is 12.8. The van der Waals surface area contributed by atoms with Gasteiger partial charge in [0.15, 0.2) is 0 Å². The third-order valence-corrected chi connectivity index (χ3v) is 4.24. The van der Waals surface area contributed by atoms with Gasteiger partial charge in [-0.2, -0.15) is 0 Å². The molecule has 0 aromatic carbocycles. The molecule has 0 heteroatoms. The van der Waals surface area contributed by atoms with E-state index in [-0.39, 0.29) is 0 Å². The fourth-order valence-electron chi connectivity index (χ4n) is 2.79. The summed E-state index contributed by atoms with van der Waals surface area (Å²) < 4.78 is 0. The fraction of sp³-hybridized carbons (Fsp3) is 0.947. The van der Waals surface area contributed by atoms with Crippen molar-refractivity contribution in [3.8, 4) is 0 Å². The lowest BCUT2D eigenvalue weighted by Crippen LogP contribution is -1.95. The predicted octanol–water partition coefficient (Wildman–Crippen LogP) is 7.33. The molecule has 0 spiro atoms. The van der Waals surface area contributed by atoms with Crippen molar-refractivity contribution in [3.63, 3.8) is 0 Å².